The van der Waals surface area contributed by atoms with Gasteiger partial charge in [-0.2, -0.15) is 0 Å². The topological polar surface area (TPSA) is 64.3 Å². The average molecular weight is 254 g/mol. The van der Waals surface area contributed by atoms with Crippen LogP contribution in [0.15, 0.2) is 23.1 Å². The molecule has 0 aliphatic carbocycles. The molecule has 3 N–H and O–H groups in total. The minimum Gasteiger partial charge on any atom is -0.494 e. The highest BCUT2D eigenvalue weighted by Crippen LogP contribution is 2.29. The summed E-state index contributed by atoms with van der Waals surface area (Å²) in [5.41, 5.74) is 6.58. The highest BCUT2D eigenvalue weighted by molar-refractivity contribution is 7.99. The minimum absolute atomic E-state index is 0.0389. The van der Waals surface area contributed by atoms with Gasteiger partial charge in [0, 0.05) is 29.8 Å². The highest BCUT2D eigenvalue weighted by Gasteiger charge is 2.04. The molecule has 0 heterocycles. The van der Waals surface area contributed by atoms with E-state index in [9.17, 15) is 4.79 Å². The molecule has 0 bridgehead atoms. The fourth-order valence-corrected chi connectivity index (χ4v) is 2.22. The Labute approximate surface area is 106 Å². The lowest BCUT2D eigenvalue weighted by atomic mass is 10.3. The summed E-state index contributed by atoms with van der Waals surface area (Å²) in [6.45, 7) is 2.57. The molecule has 0 unspecified atom stereocenters. The maximum absolute atomic E-state index is 11.1. The molecule has 4 nitrogen and oxygen atoms in total. The summed E-state index contributed by atoms with van der Waals surface area (Å²) >= 11 is 1.56. The third-order valence-corrected chi connectivity index (χ3v) is 3.23. The number of benzene rings is 1. The molecule has 0 radical (unpaired) electrons. The molecule has 1 rings (SSSR count). The van der Waals surface area contributed by atoms with Crippen LogP contribution in [0.4, 0.5) is 5.69 Å². The molecule has 1 aromatic rings. The van der Waals surface area contributed by atoms with Crippen molar-refractivity contribution in [3.8, 4) is 5.75 Å². The first kappa shape index (κ1) is 13.7. The van der Waals surface area contributed by atoms with E-state index in [0.29, 0.717) is 18.8 Å². The molecule has 0 aliphatic heterocycles. The normalized spacial score (nSPS) is 10.0. The second-order valence-electron chi connectivity index (χ2n) is 3.40. The Hall–Kier alpha value is -1.36. The van der Waals surface area contributed by atoms with Gasteiger partial charge in [-0.3, -0.25) is 4.79 Å². The van der Waals surface area contributed by atoms with Gasteiger partial charge in [-0.1, -0.05) is 0 Å². The van der Waals surface area contributed by atoms with Gasteiger partial charge in [-0.25, -0.2) is 0 Å². The molecule has 0 spiro atoms. The third-order valence-electron chi connectivity index (χ3n) is 2.16. The van der Waals surface area contributed by atoms with Crippen molar-refractivity contribution in [2.75, 3.05) is 25.1 Å². The summed E-state index contributed by atoms with van der Waals surface area (Å²) in [6.07, 6.45) is 0.486. The monoisotopic (exact) mass is 254 g/mol. The Kier molecular flexibility index (Phi) is 5.69. The number of rotatable bonds is 6. The second-order valence-corrected chi connectivity index (χ2v) is 4.54. The number of ether oxygens (including phenoxy) is 1. The van der Waals surface area contributed by atoms with Crippen LogP contribution in [0.2, 0.25) is 0 Å². The number of hydrogen-bond donors (Lipinski definition) is 2. The van der Waals surface area contributed by atoms with Crippen molar-refractivity contribution in [3.63, 3.8) is 0 Å². The third kappa shape index (κ3) is 4.56. The van der Waals surface area contributed by atoms with Crippen LogP contribution in [-0.4, -0.2) is 25.3 Å². The van der Waals surface area contributed by atoms with Gasteiger partial charge in [0.15, 0.2) is 0 Å². The Bertz CT molecular complexity index is 383. The van der Waals surface area contributed by atoms with Gasteiger partial charge < -0.3 is 15.8 Å². The van der Waals surface area contributed by atoms with E-state index in [1.54, 1.807) is 18.8 Å². The number of carbonyl (C=O) groups is 1. The van der Waals surface area contributed by atoms with E-state index in [1.165, 1.54) is 0 Å². The SMILES string of the molecule is CCOc1ccc(N)c(SCCC(=O)NC)c1. The van der Waals surface area contributed by atoms with Gasteiger partial charge in [-0.15, -0.1) is 11.8 Å². The van der Waals surface area contributed by atoms with Gasteiger partial charge >= 0.3 is 0 Å². The Morgan fingerprint density at radius 2 is 2.29 bits per heavy atom. The zero-order chi connectivity index (χ0) is 12.7. The standard InChI is InChI=1S/C12H18N2O2S/c1-3-16-9-4-5-10(13)11(8-9)17-7-6-12(15)14-2/h4-5,8H,3,6-7,13H2,1-2H3,(H,14,15). The number of nitrogen functional groups attached to an aromatic ring is 1. The largest absolute Gasteiger partial charge is 0.494 e. The fraction of sp³-hybridized carbons (Fsp3) is 0.417. The summed E-state index contributed by atoms with van der Waals surface area (Å²) in [5, 5.41) is 2.59. The van der Waals surface area contributed by atoms with Crippen molar-refractivity contribution >= 4 is 23.4 Å². The smallest absolute Gasteiger partial charge is 0.220 e. The molecule has 0 atom stereocenters. The Balaban J connectivity index is 2.56. The molecular formula is C12H18N2O2S. The zero-order valence-corrected chi connectivity index (χ0v) is 11.0. The Morgan fingerprint density at radius 3 is 2.94 bits per heavy atom. The van der Waals surface area contributed by atoms with Crippen LogP contribution in [0, 0.1) is 0 Å². The van der Waals surface area contributed by atoms with Gasteiger partial charge in [0.1, 0.15) is 5.75 Å². The maximum Gasteiger partial charge on any atom is 0.220 e. The first-order valence-corrected chi connectivity index (χ1v) is 6.51. The number of carbonyl (C=O) groups excluding carboxylic acids is 1. The van der Waals surface area contributed by atoms with Crippen LogP contribution in [0.3, 0.4) is 0 Å². The van der Waals surface area contributed by atoms with Crippen LogP contribution in [-0.2, 0) is 4.79 Å². The molecule has 94 valence electrons. The molecule has 0 aliphatic rings. The lowest BCUT2D eigenvalue weighted by Crippen LogP contribution is -2.17. The molecule has 17 heavy (non-hydrogen) atoms. The lowest BCUT2D eigenvalue weighted by molar-refractivity contribution is -0.120. The zero-order valence-electron chi connectivity index (χ0n) is 10.2. The summed E-state index contributed by atoms with van der Waals surface area (Å²) in [4.78, 5) is 12.0. The molecular weight excluding hydrogens is 236 g/mol. The van der Waals surface area contributed by atoms with E-state index in [-0.39, 0.29) is 5.91 Å². The molecule has 0 saturated heterocycles. The molecule has 0 fully saturated rings. The van der Waals surface area contributed by atoms with Gasteiger partial charge in [0.05, 0.1) is 6.61 Å². The summed E-state index contributed by atoms with van der Waals surface area (Å²) in [7, 11) is 1.64. The van der Waals surface area contributed by atoms with Gasteiger partial charge in [0.25, 0.3) is 0 Å². The Morgan fingerprint density at radius 1 is 1.53 bits per heavy atom. The summed E-state index contributed by atoms with van der Waals surface area (Å²) < 4.78 is 5.40. The number of nitrogens with one attached hydrogen (secondary N) is 1. The van der Waals surface area contributed by atoms with Crippen molar-refractivity contribution in [2.45, 2.75) is 18.2 Å². The van der Waals surface area contributed by atoms with Crippen molar-refractivity contribution in [2.24, 2.45) is 0 Å². The number of hydrogen-bond acceptors (Lipinski definition) is 4. The number of thioether (sulfide) groups is 1. The number of amides is 1. The predicted octanol–water partition coefficient (Wildman–Crippen LogP) is 1.90. The molecule has 0 saturated carbocycles. The second kappa shape index (κ2) is 7.06. The van der Waals surface area contributed by atoms with Crippen LogP contribution in [0.5, 0.6) is 5.75 Å². The molecule has 0 aromatic heterocycles. The van der Waals surface area contributed by atoms with E-state index in [2.05, 4.69) is 5.32 Å². The number of anilines is 1. The fourth-order valence-electron chi connectivity index (χ4n) is 1.27. The van der Waals surface area contributed by atoms with Crippen LogP contribution < -0.4 is 15.8 Å². The van der Waals surface area contributed by atoms with Gasteiger partial charge in [0.2, 0.25) is 5.91 Å². The van der Waals surface area contributed by atoms with Crippen molar-refractivity contribution in [1.29, 1.82) is 0 Å². The van der Waals surface area contributed by atoms with Crippen molar-refractivity contribution in [1.82, 2.24) is 5.32 Å². The first-order valence-electron chi connectivity index (χ1n) is 5.53. The quantitative estimate of drug-likeness (QED) is 0.601. The van der Waals surface area contributed by atoms with Crippen LogP contribution in [0.1, 0.15) is 13.3 Å². The van der Waals surface area contributed by atoms with E-state index < -0.39 is 0 Å². The molecule has 5 heteroatoms. The maximum atomic E-state index is 11.1. The molecule has 1 aromatic carbocycles. The van der Waals surface area contributed by atoms with Crippen molar-refractivity contribution in [3.05, 3.63) is 18.2 Å². The van der Waals surface area contributed by atoms with Crippen LogP contribution in [0.25, 0.3) is 0 Å². The minimum atomic E-state index is 0.0389. The van der Waals surface area contributed by atoms with Crippen molar-refractivity contribution < 1.29 is 9.53 Å². The van der Waals surface area contributed by atoms with E-state index >= 15 is 0 Å². The lowest BCUT2D eigenvalue weighted by Gasteiger charge is -2.08. The van der Waals surface area contributed by atoms with E-state index in [1.807, 2.05) is 25.1 Å². The van der Waals surface area contributed by atoms with E-state index in [4.69, 9.17) is 10.5 Å². The predicted molar refractivity (Wildman–Crippen MR) is 71.4 cm³/mol. The first-order chi connectivity index (χ1) is 8.17. The molecule has 1 amide bonds. The highest BCUT2D eigenvalue weighted by atomic mass is 32.2. The summed E-state index contributed by atoms with van der Waals surface area (Å²) in [6, 6.07) is 5.59. The summed E-state index contributed by atoms with van der Waals surface area (Å²) in [5.74, 6) is 1.56. The average Bonchev–Trinajstić information content (AvgIpc) is 2.33. The van der Waals surface area contributed by atoms with E-state index in [0.717, 1.165) is 16.3 Å². The number of nitrogens with two attached hydrogens (primary N) is 1. The van der Waals surface area contributed by atoms with Gasteiger partial charge in [-0.05, 0) is 25.1 Å². The van der Waals surface area contributed by atoms with Crippen LogP contribution >= 0.6 is 11.8 Å².